The van der Waals surface area contributed by atoms with Crippen molar-refractivity contribution in [2.45, 2.75) is 32.2 Å². The Labute approximate surface area is 113 Å². The zero-order chi connectivity index (χ0) is 13.1. The lowest BCUT2D eigenvalue weighted by Crippen LogP contribution is -2.04. The van der Waals surface area contributed by atoms with Crippen LogP contribution < -0.4 is 10.6 Å². The summed E-state index contributed by atoms with van der Waals surface area (Å²) in [6.07, 6.45) is 5.13. The lowest BCUT2D eigenvalue weighted by Gasteiger charge is -2.08. The summed E-state index contributed by atoms with van der Waals surface area (Å²) < 4.78 is 0. The fraction of sp³-hybridized carbons (Fsp3) is 0.333. The van der Waals surface area contributed by atoms with Gasteiger partial charge in [0.25, 0.3) is 0 Å². The van der Waals surface area contributed by atoms with Crippen LogP contribution in [0.1, 0.15) is 25.3 Å². The van der Waals surface area contributed by atoms with Crippen molar-refractivity contribution < 1.29 is 0 Å². The standard InChI is InChI=1S/C15H18N4/c1-2-11-3-5-12(6-4-11)18-14-9-15(17-10-16-14)19-13-7-8-13/h3-6,9-10,13H,2,7-8H2,1H3,(H2,16,17,18,19). The van der Waals surface area contributed by atoms with E-state index in [9.17, 15) is 0 Å². The average Bonchev–Trinajstić information content (AvgIpc) is 3.24. The molecule has 2 aromatic rings. The van der Waals surface area contributed by atoms with E-state index in [4.69, 9.17) is 0 Å². The normalized spacial score (nSPS) is 14.2. The van der Waals surface area contributed by atoms with Gasteiger partial charge < -0.3 is 10.6 Å². The summed E-state index contributed by atoms with van der Waals surface area (Å²) in [5, 5.41) is 6.67. The molecule has 0 aliphatic heterocycles. The van der Waals surface area contributed by atoms with Gasteiger partial charge in [-0.15, -0.1) is 0 Å². The van der Waals surface area contributed by atoms with E-state index in [1.807, 2.05) is 6.07 Å². The lowest BCUT2D eigenvalue weighted by atomic mass is 10.1. The number of nitrogens with one attached hydrogen (secondary N) is 2. The third kappa shape index (κ3) is 3.22. The van der Waals surface area contributed by atoms with Crippen molar-refractivity contribution in [1.82, 2.24) is 9.97 Å². The molecule has 1 aromatic carbocycles. The molecular formula is C15H18N4. The van der Waals surface area contributed by atoms with Crippen molar-refractivity contribution in [3.8, 4) is 0 Å². The molecule has 0 amide bonds. The molecule has 1 saturated carbocycles. The molecule has 2 N–H and O–H groups in total. The first-order valence-electron chi connectivity index (χ1n) is 6.78. The Balaban J connectivity index is 1.70. The summed E-state index contributed by atoms with van der Waals surface area (Å²) in [4.78, 5) is 8.47. The molecular weight excluding hydrogens is 236 g/mol. The summed E-state index contributed by atoms with van der Waals surface area (Å²) in [5.41, 5.74) is 2.39. The van der Waals surface area contributed by atoms with Crippen LogP contribution in [0.25, 0.3) is 0 Å². The second-order valence-corrected chi connectivity index (χ2v) is 4.88. The number of aryl methyl sites for hydroxylation is 1. The molecule has 0 bridgehead atoms. The third-order valence-electron chi connectivity index (χ3n) is 3.23. The molecule has 1 aliphatic rings. The highest BCUT2D eigenvalue weighted by Crippen LogP contribution is 2.24. The van der Waals surface area contributed by atoms with E-state index < -0.39 is 0 Å². The van der Waals surface area contributed by atoms with Crippen LogP contribution in [0.4, 0.5) is 17.3 Å². The predicted octanol–water partition coefficient (Wildman–Crippen LogP) is 3.36. The lowest BCUT2D eigenvalue weighted by molar-refractivity contribution is 1.08. The SMILES string of the molecule is CCc1ccc(Nc2cc(NC3CC3)ncn2)cc1. The van der Waals surface area contributed by atoms with Crippen molar-refractivity contribution in [2.75, 3.05) is 10.6 Å². The van der Waals surface area contributed by atoms with E-state index in [2.05, 4.69) is 51.8 Å². The van der Waals surface area contributed by atoms with Crippen LogP contribution in [0, 0.1) is 0 Å². The van der Waals surface area contributed by atoms with E-state index in [-0.39, 0.29) is 0 Å². The summed E-state index contributed by atoms with van der Waals surface area (Å²) in [6.45, 7) is 2.16. The molecule has 3 rings (SSSR count). The highest BCUT2D eigenvalue weighted by atomic mass is 15.1. The maximum Gasteiger partial charge on any atom is 0.135 e. The van der Waals surface area contributed by atoms with Gasteiger partial charge in [0.05, 0.1) is 0 Å². The van der Waals surface area contributed by atoms with E-state index in [0.29, 0.717) is 6.04 Å². The van der Waals surface area contributed by atoms with Gasteiger partial charge in [0.2, 0.25) is 0 Å². The maximum absolute atomic E-state index is 4.24. The van der Waals surface area contributed by atoms with Crippen LogP contribution >= 0.6 is 0 Å². The van der Waals surface area contributed by atoms with Crippen molar-refractivity contribution in [3.05, 3.63) is 42.2 Å². The first-order chi connectivity index (χ1) is 9.33. The van der Waals surface area contributed by atoms with Gasteiger partial charge in [-0.05, 0) is 37.0 Å². The molecule has 19 heavy (non-hydrogen) atoms. The fourth-order valence-corrected chi connectivity index (χ4v) is 1.91. The number of aromatic nitrogens is 2. The minimum Gasteiger partial charge on any atom is -0.367 e. The molecule has 0 unspecified atom stereocenters. The van der Waals surface area contributed by atoms with E-state index >= 15 is 0 Å². The van der Waals surface area contributed by atoms with Gasteiger partial charge in [0.15, 0.2) is 0 Å². The molecule has 0 atom stereocenters. The Morgan fingerprint density at radius 1 is 1.11 bits per heavy atom. The highest BCUT2D eigenvalue weighted by Gasteiger charge is 2.21. The van der Waals surface area contributed by atoms with Gasteiger partial charge in [0.1, 0.15) is 18.0 Å². The topological polar surface area (TPSA) is 49.8 Å². The summed E-state index contributed by atoms with van der Waals surface area (Å²) in [5.74, 6) is 1.72. The van der Waals surface area contributed by atoms with Gasteiger partial charge in [-0.25, -0.2) is 9.97 Å². The van der Waals surface area contributed by atoms with E-state index in [1.165, 1.54) is 18.4 Å². The van der Waals surface area contributed by atoms with Gasteiger partial charge in [-0.1, -0.05) is 19.1 Å². The molecule has 0 saturated heterocycles. The first kappa shape index (κ1) is 12.0. The Morgan fingerprint density at radius 3 is 2.53 bits per heavy atom. The fourth-order valence-electron chi connectivity index (χ4n) is 1.91. The number of nitrogens with zero attached hydrogens (tertiary/aromatic N) is 2. The molecule has 1 fully saturated rings. The molecule has 0 spiro atoms. The Bertz CT molecular complexity index is 546. The van der Waals surface area contributed by atoms with Crippen LogP contribution in [-0.4, -0.2) is 16.0 Å². The zero-order valence-electron chi connectivity index (χ0n) is 11.1. The maximum atomic E-state index is 4.24. The summed E-state index contributed by atoms with van der Waals surface area (Å²) >= 11 is 0. The molecule has 1 heterocycles. The number of benzene rings is 1. The monoisotopic (exact) mass is 254 g/mol. The van der Waals surface area contributed by atoms with Crippen molar-refractivity contribution in [1.29, 1.82) is 0 Å². The van der Waals surface area contributed by atoms with Crippen molar-refractivity contribution >= 4 is 17.3 Å². The van der Waals surface area contributed by atoms with E-state index in [1.54, 1.807) is 6.33 Å². The van der Waals surface area contributed by atoms with Gasteiger partial charge in [0, 0.05) is 17.8 Å². The summed E-state index contributed by atoms with van der Waals surface area (Å²) in [7, 11) is 0. The molecule has 1 aromatic heterocycles. The highest BCUT2D eigenvalue weighted by molar-refractivity contribution is 5.59. The molecule has 98 valence electrons. The molecule has 0 radical (unpaired) electrons. The first-order valence-corrected chi connectivity index (χ1v) is 6.78. The third-order valence-corrected chi connectivity index (χ3v) is 3.23. The minimum atomic E-state index is 0.603. The van der Waals surface area contributed by atoms with Gasteiger partial charge in [-0.3, -0.25) is 0 Å². The smallest absolute Gasteiger partial charge is 0.135 e. The van der Waals surface area contributed by atoms with Gasteiger partial charge in [-0.2, -0.15) is 0 Å². The minimum absolute atomic E-state index is 0.603. The Hall–Kier alpha value is -2.10. The van der Waals surface area contributed by atoms with Crippen LogP contribution in [0.5, 0.6) is 0 Å². The van der Waals surface area contributed by atoms with Crippen molar-refractivity contribution in [2.24, 2.45) is 0 Å². The molecule has 1 aliphatic carbocycles. The average molecular weight is 254 g/mol. The second-order valence-electron chi connectivity index (χ2n) is 4.88. The Morgan fingerprint density at radius 2 is 1.84 bits per heavy atom. The van der Waals surface area contributed by atoms with Gasteiger partial charge >= 0.3 is 0 Å². The number of rotatable bonds is 5. The number of hydrogen-bond acceptors (Lipinski definition) is 4. The van der Waals surface area contributed by atoms with Crippen LogP contribution in [0.3, 0.4) is 0 Å². The second kappa shape index (κ2) is 5.26. The molecule has 4 heteroatoms. The van der Waals surface area contributed by atoms with Crippen LogP contribution in [0.2, 0.25) is 0 Å². The van der Waals surface area contributed by atoms with Crippen LogP contribution in [0.15, 0.2) is 36.7 Å². The van der Waals surface area contributed by atoms with Crippen molar-refractivity contribution in [3.63, 3.8) is 0 Å². The van der Waals surface area contributed by atoms with Crippen LogP contribution in [-0.2, 0) is 6.42 Å². The Kier molecular flexibility index (Phi) is 3.31. The summed E-state index contributed by atoms with van der Waals surface area (Å²) in [6, 6.07) is 11.0. The quantitative estimate of drug-likeness (QED) is 0.859. The number of hydrogen-bond donors (Lipinski definition) is 2. The van der Waals surface area contributed by atoms with E-state index in [0.717, 1.165) is 23.7 Å². The number of anilines is 3. The predicted molar refractivity (Wildman–Crippen MR) is 77.8 cm³/mol. The molecule has 4 nitrogen and oxygen atoms in total. The largest absolute Gasteiger partial charge is 0.367 e. The zero-order valence-corrected chi connectivity index (χ0v) is 11.1.